The Bertz CT molecular complexity index is 972. The van der Waals surface area contributed by atoms with Gasteiger partial charge in [0.25, 0.3) is 0 Å². The maximum Gasteiger partial charge on any atom is 0.188 e. The molecule has 0 amide bonds. The molecule has 3 rings (SSSR count). The molecular weight excluding hydrogens is 352 g/mol. The zero-order valence-corrected chi connectivity index (χ0v) is 17.0. The van der Waals surface area contributed by atoms with Gasteiger partial charge in [-0.2, -0.15) is 0 Å². The van der Waals surface area contributed by atoms with E-state index in [1.807, 2.05) is 18.2 Å². The molecule has 0 N–H and O–H groups in total. The Kier molecular flexibility index (Phi) is 6.03. The van der Waals surface area contributed by atoms with Gasteiger partial charge >= 0.3 is 0 Å². The molecule has 0 aliphatic carbocycles. The van der Waals surface area contributed by atoms with Crippen LogP contribution in [0.3, 0.4) is 0 Å². The third kappa shape index (κ3) is 4.61. The maximum absolute atomic E-state index is 5.60. The number of hydrogen-bond acceptors (Lipinski definition) is 4. The van der Waals surface area contributed by atoms with Crippen LogP contribution in [0.5, 0.6) is 5.75 Å². The molecule has 4 heteroatoms. The first-order valence-corrected chi connectivity index (χ1v) is 10.0. The molecule has 3 aromatic rings. The van der Waals surface area contributed by atoms with E-state index in [2.05, 4.69) is 57.9 Å². The van der Waals surface area contributed by atoms with E-state index in [-0.39, 0.29) is 6.61 Å². The Labute approximate surface area is 165 Å². The summed E-state index contributed by atoms with van der Waals surface area (Å²) in [5.41, 5.74) is 4.21. The van der Waals surface area contributed by atoms with Crippen molar-refractivity contribution >= 4 is 22.7 Å². The summed E-state index contributed by atoms with van der Waals surface area (Å²) < 4.78 is 5.60. The van der Waals surface area contributed by atoms with Crippen molar-refractivity contribution in [3.63, 3.8) is 0 Å². The van der Waals surface area contributed by atoms with Gasteiger partial charge in [0.15, 0.2) is 5.16 Å². The van der Waals surface area contributed by atoms with Crippen molar-refractivity contribution in [2.24, 2.45) is 0 Å². The van der Waals surface area contributed by atoms with E-state index in [4.69, 9.17) is 21.1 Å². The highest BCUT2D eigenvalue weighted by Crippen LogP contribution is 2.32. The van der Waals surface area contributed by atoms with Crippen molar-refractivity contribution in [3.05, 3.63) is 48.0 Å². The third-order valence-electron chi connectivity index (χ3n) is 4.16. The lowest BCUT2D eigenvalue weighted by Gasteiger charge is -2.12. The minimum atomic E-state index is 0.242. The Hall–Kier alpha value is -2.51. The van der Waals surface area contributed by atoms with Gasteiger partial charge in [-0.25, -0.2) is 9.97 Å². The Morgan fingerprint density at radius 3 is 2.41 bits per heavy atom. The van der Waals surface area contributed by atoms with Gasteiger partial charge in [-0.3, -0.25) is 0 Å². The zero-order valence-electron chi connectivity index (χ0n) is 16.2. The average Bonchev–Trinajstić information content (AvgIpc) is 2.65. The standard InChI is InChI=1S/C23H24N2OS/c1-6-13-26-19-11-12-21-20(14-19)22(25-23(24-21)27-16(4)5)18-9-7-17(8-10-18)15(2)3/h1,7-12,14-16H,13H2,2-5H3. The van der Waals surface area contributed by atoms with Gasteiger partial charge in [0.2, 0.25) is 0 Å². The van der Waals surface area contributed by atoms with E-state index in [1.54, 1.807) is 11.8 Å². The van der Waals surface area contributed by atoms with Crippen LogP contribution in [0.15, 0.2) is 47.6 Å². The molecule has 0 atom stereocenters. The normalized spacial score (nSPS) is 11.1. The summed E-state index contributed by atoms with van der Waals surface area (Å²) in [6, 6.07) is 14.5. The minimum absolute atomic E-state index is 0.242. The molecule has 138 valence electrons. The van der Waals surface area contributed by atoms with Crippen molar-refractivity contribution in [3.8, 4) is 29.4 Å². The first-order valence-electron chi connectivity index (χ1n) is 9.13. The van der Waals surface area contributed by atoms with E-state index in [9.17, 15) is 0 Å². The lowest BCUT2D eigenvalue weighted by atomic mass is 9.99. The fraction of sp³-hybridized carbons (Fsp3) is 0.304. The largest absolute Gasteiger partial charge is 0.481 e. The van der Waals surface area contributed by atoms with Gasteiger partial charge in [-0.1, -0.05) is 69.6 Å². The predicted molar refractivity (Wildman–Crippen MR) is 114 cm³/mol. The molecule has 0 unspecified atom stereocenters. The summed E-state index contributed by atoms with van der Waals surface area (Å²) in [6.45, 7) is 8.92. The molecule has 0 bridgehead atoms. The molecular formula is C23H24N2OS. The minimum Gasteiger partial charge on any atom is -0.481 e. The topological polar surface area (TPSA) is 35.0 Å². The summed E-state index contributed by atoms with van der Waals surface area (Å²) >= 11 is 1.67. The molecule has 0 saturated carbocycles. The summed E-state index contributed by atoms with van der Waals surface area (Å²) in [6.07, 6.45) is 5.31. The first kappa shape index (κ1) is 19.3. The summed E-state index contributed by atoms with van der Waals surface area (Å²) in [5.74, 6) is 3.73. The molecule has 27 heavy (non-hydrogen) atoms. The zero-order chi connectivity index (χ0) is 19.4. The quantitative estimate of drug-likeness (QED) is 0.303. The van der Waals surface area contributed by atoms with Crippen LogP contribution in [-0.4, -0.2) is 21.8 Å². The molecule has 3 nitrogen and oxygen atoms in total. The fourth-order valence-corrected chi connectivity index (χ4v) is 3.53. The Morgan fingerprint density at radius 2 is 1.78 bits per heavy atom. The van der Waals surface area contributed by atoms with Crippen LogP contribution < -0.4 is 4.74 Å². The molecule has 0 spiro atoms. The molecule has 0 fully saturated rings. The molecule has 0 aliphatic rings. The van der Waals surface area contributed by atoms with Crippen LogP contribution in [0.1, 0.15) is 39.2 Å². The van der Waals surface area contributed by atoms with Gasteiger partial charge in [-0.15, -0.1) is 6.42 Å². The number of thioether (sulfide) groups is 1. The van der Waals surface area contributed by atoms with Crippen LogP contribution >= 0.6 is 11.8 Å². The lowest BCUT2D eigenvalue weighted by Crippen LogP contribution is -1.98. The number of terminal acetylenes is 1. The molecule has 1 heterocycles. The fourth-order valence-electron chi connectivity index (χ4n) is 2.81. The van der Waals surface area contributed by atoms with Crippen molar-refractivity contribution in [1.29, 1.82) is 0 Å². The van der Waals surface area contributed by atoms with E-state index in [0.717, 1.165) is 33.1 Å². The monoisotopic (exact) mass is 376 g/mol. The number of nitrogens with zero attached hydrogens (tertiary/aromatic N) is 2. The highest BCUT2D eigenvalue weighted by atomic mass is 32.2. The molecule has 1 aromatic heterocycles. The smallest absolute Gasteiger partial charge is 0.188 e. The first-order chi connectivity index (χ1) is 13.0. The van der Waals surface area contributed by atoms with Crippen LogP contribution in [0, 0.1) is 12.3 Å². The van der Waals surface area contributed by atoms with Crippen LogP contribution in [0.2, 0.25) is 0 Å². The number of hydrogen-bond donors (Lipinski definition) is 0. The summed E-state index contributed by atoms with van der Waals surface area (Å²) in [5, 5.41) is 2.17. The Morgan fingerprint density at radius 1 is 1.04 bits per heavy atom. The summed E-state index contributed by atoms with van der Waals surface area (Å²) in [7, 11) is 0. The average molecular weight is 377 g/mol. The van der Waals surface area contributed by atoms with Gasteiger partial charge in [-0.05, 0) is 29.7 Å². The Balaban J connectivity index is 2.14. The number of benzene rings is 2. The molecule has 0 radical (unpaired) electrons. The van der Waals surface area contributed by atoms with Gasteiger partial charge in [0, 0.05) is 16.2 Å². The second-order valence-electron chi connectivity index (χ2n) is 6.97. The lowest BCUT2D eigenvalue weighted by molar-refractivity contribution is 0.371. The van der Waals surface area contributed by atoms with Gasteiger partial charge in [0.1, 0.15) is 12.4 Å². The predicted octanol–water partition coefficient (Wildman–Crippen LogP) is 5.93. The van der Waals surface area contributed by atoms with Crippen molar-refractivity contribution < 1.29 is 4.74 Å². The highest BCUT2D eigenvalue weighted by molar-refractivity contribution is 7.99. The van der Waals surface area contributed by atoms with Crippen molar-refractivity contribution in [2.75, 3.05) is 6.61 Å². The number of fused-ring (bicyclic) bond motifs is 1. The van der Waals surface area contributed by atoms with Crippen LogP contribution in [0.25, 0.3) is 22.2 Å². The number of ether oxygens (including phenoxy) is 1. The second-order valence-corrected chi connectivity index (χ2v) is 8.51. The van der Waals surface area contributed by atoms with Crippen LogP contribution in [0.4, 0.5) is 0 Å². The van der Waals surface area contributed by atoms with Crippen molar-refractivity contribution in [2.45, 2.75) is 44.0 Å². The molecule has 2 aromatic carbocycles. The second kappa shape index (κ2) is 8.45. The third-order valence-corrected chi connectivity index (χ3v) is 5.03. The van der Waals surface area contributed by atoms with Gasteiger partial charge < -0.3 is 4.74 Å². The molecule has 0 saturated heterocycles. The van der Waals surface area contributed by atoms with E-state index in [0.29, 0.717) is 11.2 Å². The van der Waals surface area contributed by atoms with E-state index < -0.39 is 0 Å². The summed E-state index contributed by atoms with van der Waals surface area (Å²) in [4.78, 5) is 9.59. The number of aromatic nitrogens is 2. The van der Waals surface area contributed by atoms with Gasteiger partial charge in [0.05, 0.1) is 11.2 Å². The maximum atomic E-state index is 5.60. The SMILES string of the molecule is C#CCOc1ccc2nc(SC(C)C)nc(-c3ccc(C(C)C)cc3)c2c1. The van der Waals surface area contributed by atoms with Crippen LogP contribution in [-0.2, 0) is 0 Å². The van der Waals surface area contributed by atoms with E-state index >= 15 is 0 Å². The van der Waals surface area contributed by atoms with E-state index in [1.165, 1.54) is 5.56 Å². The highest BCUT2D eigenvalue weighted by Gasteiger charge is 2.13. The van der Waals surface area contributed by atoms with Crippen molar-refractivity contribution in [1.82, 2.24) is 9.97 Å². The number of rotatable bonds is 6. The molecule has 0 aliphatic heterocycles.